The van der Waals surface area contributed by atoms with Gasteiger partial charge in [0.15, 0.2) is 5.76 Å². The van der Waals surface area contributed by atoms with Gasteiger partial charge in [-0.15, -0.1) is 0 Å². The van der Waals surface area contributed by atoms with Crippen molar-refractivity contribution < 1.29 is 24.1 Å². The van der Waals surface area contributed by atoms with Gasteiger partial charge >= 0.3 is 5.97 Å². The zero-order chi connectivity index (χ0) is 18.5. The zero-order valence-electron chi connectivity index (χ0n) is 14.5. The summed E-state index contributed by atoms with van der Waals surface area (Å²) < 4.78 is 16.5. The molecule has 2 aromatic rings. The van der Waals surface area contributed by atoms with Gasteiger partial charge in [0.05, 0.1) is 7.11 Å². The Labute approximate surface area is 151 Å². The van der Waals surface area contributed by atoms with E-state index in [1.54, 1.807) is 19.1 Å². The van der Waals surface area contributed by atoms with E-state index in [1.807, 2.05) is 30.3 Å². The number of carbonyl (C=O) groups excluding carboxylic acids is 1. The second-order valence-electron chi connectivity index (χ2n) is 5.60. The molecule has 1 aliphatic heterocycles. The minimum absolute atomic E-state index is 0.0176. The number of carbonyl (C=O) groups is 1. The molecule has 0 saturated carbocycles. The standard InChI is InChI=1S/C21H18O5/c1-3-7-18(22)20-16-10-15(24-2)11-19(17(16)13-26-21(20)23)25-12-14-8-5-4-6-9-14/h4-6,8-11,22H,12-13H2,1-2H3/b20-18-. The smallest absolute Gasteiger partial charge is 0.343 e. The van der Waals surface area contributed by atoms with Crippen molar-refractivity contribution in [2.75, 3.05) is 7.11 Å². The fraction of sp³-hybridized carbons (Fsp3) is 0.190. The number of fused-ring (bicyclic) bond motifs is 1. The van der Waals surface area contributed by atoms with E-state index in [0.29, 0.717) is 29.2 Å². The molecule has 0 amide bonds. The van der Waals surface area contributed by atoms with Gasteiger partial charge < -0.3 is 19.3 Å². The van der Waals surface area contributed by atoms with Crippen LogP contribution >= 0.6 is 0 Å². The predicted octanol–water partition coefficient (Wildman–Crippen LogP) is 3.62. The van der Waals surface area contributed by atoms with Gasteiger partial charge in [-0.3, -0.25) is 0 Å². The molecule has 1 aliphatic rings. The highest BCUT2D eigenvalue weighted by atomic mass is 16.5. The van der Waals surface area contributed by atoms with E-state index in [2.05, 4.69) is 11.8 Å². The number of aliphatic hydroxyl groups is 1. The lowest BCUT2D eigenvalue weighted by atomic mass is 9.95. The Morgan fingerprint density at radius 3 is 2.73 bits per heavy atom. The fourth-order valence-electron chi connectivity index (χ4n) is 2.70. The van der Waals surface area contributed by atoms with Gasteiger partial charge in [-0.2, -0.15) is 0 Å². The molecule has 0 saturated heterocycles. The number of hydrogen-bond acceptors (Lipinski definition) is 5. The van der Waals surface area contributed by atoms with Gasteiger partial charge in [0.25, 0.3) is 0 Å². The molecule has 1 N–H and O–H groups in total. The third-order valence-electron chi connectivity index (χ3n) is 3.96. The summed E-state index contributed by atoms with van der Waals surface area (Å²) in [5.41, 5.74) is 2.20. The molecule has 0 atom stereocenters. The molecule has 2 aromatic carbocycles. The molecule has 0 spiro atoms. The van der Waals surface area contributed by atoms with Crippen molar-refractivity contribution in [2.24, 2.45) is 0 Å². The Morgan fingerprint density at radius 1 is 1.27 bits per heavy atom. The molecule has 0 aromatic heterocycles. The van der Waals surface area contributed by atoms with Crippen LogP contribution in [0.3, 0.4) is 0 Å². The third kappa shape index (κ3) is 3.50. The summed E-state index contributed by atoms with van der Waals surface area (Å²) in [7, 11) is 1.53. The lowest BCUT2D eigenvalue weighted by Gasteiger charge is -2.22. The molecular weight excluding hydrogens is 332 g/mol. The van der Waals surface area contributed by atoms with E-state index in [9.17, 15) is 9.90 Å². The molecule has 0 fully saturated rings. The van der Waals surface area contributed by atoms with Crippen LogP contribution in [0, 0.1) is 11.8 Å². The summed E-state index contributed by atoms with van der Waals surface area (Å²) in [5, 5.41) is 10.2. The lowest BCUT2D eigenvalue weighted by Crippen LogP contribution is -2.18. The van der Waals surface area contributed by atoms with Crippen LogP contribution < -0.4 is 9.47 Å². The summed E-state index contributed by atoms with van der Waals surface area (Å²) >= 11 is 0. The number of ether oxygens (including phenoxy) is 3. The second-order valence-corrected chi connectivity index (χ2v) is 5.60. The van der Waals surface area contributed by atoms with Gasteiger partial charge in [0.2, 0.25) is 0 Å². The van der Waals surface area contributed by atoms with E-state index < -0.39 is 5.97 Å². The zero-order valence-corrected chi connectivity index (χ0v) is 14.5. The van der Waals surface area contributed by atoms with Gasteiger partial charge in [-0.05, 0) is 24.5 Å². The van der Waals surface area contributed by atoms with Gasteiger partial charge in [0.1, 0.15) is 30.3 Å². The Balaban J connectivity index is 2.05. The summed E-state index contributed by atoms with van der Waals surface area (Å²) in [5.74, 6) is 5.17. The molecule has 0 unspecified atom stereocenters. The summed E-state index contributed by atoms with van der Waals surface area (Å²) in [4.78, 5) is 12.2. The maximum Gasteiger partial charge on any atom is 0.343 e. The van der Waals surface area contributed by atoms with Crippen molar-refractivity contribution in [3.63, 3.8) is 0 Å². The monoisotopic (exact) mass is 350 g/mol. The summed E-state index contributed by atoms with van der Waals surface area (Å²) in [6, 6.07) is 13.1. The van der Waals surface area contributed by atoms with E-state index in [4.69, 9.17) is 14.2 Å². The summed E-state index contributed by atoms with van der Waals surface area (Å²) in [6.07, 6.45) is 0. The largest absolute Gasteiger partial charge is 0.500 e. The van der Waals surface area contributed by atoms with Crippen LogP contribution in [0.1, 0.15) is 23.6 Å². The van der Waals surface area contributed by atoms with Gasteiger partial charge in [-0.1, -0.05) is 36.3 Å². The maximum atomic E-state index is 12.2. The quantitative estimate of drug-likeness (QED) is 0.395. The Hall–Kier alpha value is -3.39. The SMILES string of the molecule is CC#C/C(O)=C1/C(=O)OCc2c(OCc3ccccc3)cc(OC)cc21. The van der Waals surface area contributed by atoms with Crippen molar-refractivity contribution in [3.05, 3.63) is 64.9 Å². The predicted molar refractivity (Wildman–Crippen MR) is 96.6 cm³/mol. The van der Waals surface area contributed by atoms with Crippen molar-refractivity contribution in [3.8, 4) is 23.3 Å². The molecule has 132 valence electrons. The number of cyclic esters (lactones) is 1. The molecule has 0 bridgehead atoms. The molecule has 0 aliphatic carbocycles. The van der Waals surface area contributed by atoms with Crippen molar-refractivity contribution in [1.29, 1.82) is 0 Å². The number of esters is 1. The first-order valence-corrected chi connectivity index (χ1v) is 8.05. The average Bonchev–Trinajstić information content (AvgIpc) is 2.66. The minimum Gasteiger partial charge on any atom is -0.500 e. The van der Waals surface area contributed by atoms with Crippen LogP contribution in [-0.2, 0) is 22.7 Å². The van der Waals surface area contributed by atoms with Gasteiger partial charge in [0, 0.05) is 17.2 Å². The van der Waals surface area contributed by atoms with Crippen molar-refractivity contribution >= 4 is 11.5 Å². The first-order chi connectivity index (χ1) is 12.6. The van der Waals surface area contributed by atoms with Crippen LogP contribution in [0.15, 0.2) is 48.2 Å². The van der Waals surface area contributed by atoms with E-state index in [-0.39, 0.29) is 17.9 Å². The molecule has 0 radical (unpaired) electrons. The normalized spacial score (nSPS) is 14.5. The highest BCUT2D eigenvalue weighted by Crippen LogP contribution is 2.38. The first-order valence-electron chi connectivity index (χ1n) is 8.05. The molecule has 5 nitrogen and oxygen atoms in total. The van der Waals surface area contributed by atoms with E-state index >= 15 is 0 Å². The molecule has 5 heteroatoms. The van der Waals surface area contributed by atoms with Crippen molar-refractivity contribution in [2.45, 2.75) is 20.1 Å². The highest BCUT2D eigenvalue weighted by molar-refractivity contribution is 6.19. The lowest BCUT2D eigenvalue weighted by molar-refractivity contribution is -0.138. The number of hydrogen-bond donors (Lipinski definition) is 1. The Bertz CT molecular complexity index is 917. The van der Waals surface area contributed by atoms with Gasteiger partial charge in [-0.25, -0.2) is 4.79 Å². The number of rotatable bonds is 4. The minimum atomic E-state index is -0.625. The van der Waals surface area contributed by atoms with Crippen LogP contribution in [-0.4, -0.2) is 18.2 Å². The molecule has 1 heterocycles. The third-order valence-corrected chi connectivity index (χ3v) is 3.96. The topological polar surface area (TPSA) is 65.0 Å². The number of aliphatic hydroxyl groups excluding tert-OH is 1. The second kappa shape index (κ2) is 7.66. The summed E-state index contributed by atoms with van der Waals surface area (Å²) in [6.45, 7) is 1.98. The fourth-order valence-corrected chi connectivity index (χ4v) is 2.70. The van der Waals surface area contributed by atoms with Crippen LogP contribution in [0.4, 0.5) is 0 Å². The number of benzene rings is 2. The Morgan fingerprint density at radius 2 is 2.04 bits per heavy atom. The maximum absolute atomic E-state index is 12.2. The van der Waals surface area contributed by atoms with Crippen LogP contribution in [0.25, 0.3) is 5.57 Å². The van der Waals surface area contributed by atoms with E-state index in [0.717, 1.165) is 5.56 Å². The molecular formula is C21H18O5. The number of allylic oxidation sites excluding steroid dienone is 1. The first kappa shape index (κ1) is 17.4. The molecule has 3 rings (SSSR count). The van der Waals surface area contributed by atoms with Crippen molar-refractivity contribution in [1.82, 2.24) is 0 Å². The van der Waals surface area contributed by atoms with Crippen LogP contribution in [0.2, 0.25) is 0 Å². The molecule has 26 heavy (non-hydrogen) atoms. The van der Waals surface area contributed by atoms with E-state index in [1.165, 1.54) is 7.11 Å². The average molecular weight is 350 g/mol. The Kier molecular flexibility index (Phi) is 5.14. The van der Waals surface area contributed by atoms with Crippen LogP contribution in [0.5, 0.6) is 11.5 Å². The number of methoxy groups -OCH3 is 1. The highest BCUT2D eigenvalue weighted by Gasteiger charge is 2.30.